The van der Waals surface area contributed by atoms with E-state index in [0.29, 0.717) is 12.0 Å². The van der Waals surface area contributed by atoms with Crippen molar-refractivity contribution in [3.63, 3.8) is 0 Å². The molecule has 0 amide bonds. The Bertz CT molecular complexity index is 237. The number of hydrogen-bond acceptors (Lipinski definition) is 6. The molecule has 15 heavy (non-hydrogen) atoms. The Morgan fingerprint density at radius 2 is 2.33 bits per heavy atom. The summed E-state index contributed by atoms with van der Waals surface area (Å²) in [6.45, 7) is 3.70. The molecule has 0 aromatic rings. The molecule has 1 atom stereocenters. The van der Waals surface area contributed by atoms with Gasteiger partial charge >= 0.3 is 0 Å². The smallest absolute Gasteiger partial charge is 0.294 e. The van der Waals surface area contributed by atoms with Crippen LogP contribution in [0.1, 0.15) is 6.92 Å². The summed E-state index contributed by atoms with van der Waals surface area (Å²) in [6, 6.07) is 0. The van der Waals surface area contributed by atoms with Gasteiger partial charge in [0.2, 0.25) is 0 Å². The molecule has 1 aliphatic rings. The third kappa shape index (κ3) is 4.89. The zero-order chi connectivity index (χ0) is 11.1. The van der Waals surface area contributed by atoms with E-state index in [9.17, 15) is 10.1 Å². The van der Waals surface area contributed by atoms with Gasteiger partial charge in [-0.3, -0.25) is 0 Å². The molecule has 0 aromatic carbocycles. The van der Waals surface area contributed by atoms with Crippen LogP contribution < -0.4 is 0 Å². The van der Waals surface area contributed by atoms with Gasteiger partial charge in [-0.05, 0) is 12.3 Å². The van der Waals surface area contributed by atoms with Crippen molar-refractivity contribution >= 4 is 11.8 Å². The number of rotatable bonds is 7. The van der Waals surface area contributed by atoms with Gasteiger partial charge in [-0.25, -0.2) is 0 Å². The minimum absolute atomic E-state index is 0.00680. The molecule has 0 N–H and O–H groups in total. The van der Waals surface area contributed by atoms with Crippen molar-refractivity contribution in [1.29, 1.82) is 0 Å². The molecule has 1 heterocycles. The summed E-state index contributed by atoms with van der Waals surface area (Å²) in [6.07, 6.45) is 2.02. The van der Waals surface area contributed by atoms with Crippen molar-refractivity contribution in [2.24, 2.45) is 0 Å². The van der Waals surface area contributed by atoms with Crippen LogP contribution in [0.15, 0.2) is 11.6 Å². The number of hydrogen-bond donors (Lipinski definition) is 0. The zero-order valence-electron chi connectivity index (χ0n) is 8.50. The van der Waals surface area contributed by atoms with Crippen LogP contribution in [0, 0.1) is 10.1 Å². The maximum absolute atomic E-state index is 9.79. The second-order valence-electron chi connectivity index (χ2n) is 2.93. The average molecular weight is 234 g/mol. The third-order valence-electron chi connectivity index (χ3n) is 1.91. The zero-order valence-corrected chi connectivity index (χ0v) is 9.31. The molecule has 0 fully saturated rings. The Hall–Kier alpha value is -0.950. The Morgan fingerprint density at radius 3 is 2.93 bits per heavy atom. The van der Waals surface area contributed by atoms with E-state index in [2.05, 4.69) is 16.7 Å². The first-order valence-corrected chi connectivity index (χ1v) is 5.57. The maximum Gasteiger partial charge on any atom is 0.294 e. The SMILES string of the molecule is CC1SC=CN1CCOCCO[N+](=O)[O-]. The van der Waals surface area contributed by atoms with Crippen molar-refractivity contribution in [1.82, 2.24) is 4.90 Å². The molecular formula is C8H14N2O4S. The summed E-state index contributed by atoms with van der Waals surface area (Å²) in [7, 11) is 0. The monoisotopic (exact) mass is 234 g/mol. The standard InChI is InChI=1S/C8H14N2O4S/c1-8-9(3-7-15-8)2-4-13-5-6-14-10(11)12/h3,7-8H,2,4-6H2,1H3. The predicted molar refractivity (Wildman–Crippen MR) is 56.7 cm³/mol. The molecule has 6 nitrogen and oxygen atoms in total. The van der Waals surface area contributed by atoms with Gasteiger partial charge in [0, 0.05) is 12.7 Å². The van der Waals surface area contributed by atoms with Crippen molar-refractivity contribution in [2.75, 3.05) is 26.4 Å². The van der Waals surface area contributed by atoms with Gasteiger partial charge in [-0.2, -0.15) is 0 Å². The quantitative estimate of drug-likeness (QED) is 0.373. The summed E-state index contributed by atoms with van der Waals surface area (Å²) in [5.74, 6) is 0. The van der Waals surface area contributed by atoms with E-state index < -0.39 is 5.09 Å². The normalized spacial score (nSPS) is 19.5. The van der Waals surface area contributed by atoms with Crippen molar-refractivity contribution < 1.29 is 14.7 Å². The second kappa shape index (κ2) is 6.52. The van der Waals surface area contributed by atoms with E-state index in [1.54, 1.807) is 11.8 Å². The highest BCUT2D eigenvalue weighted by molar-refractivity contribution is 8.02. The van der Waals surface area contributed by atoms with Crippen molar-refractivity contribution in [3.05, 3.63) is 21.7 Å². The molecule has 0 saturated heterocycles. The van der Waals surface area contributed by atoms with E-state index in [1.165, 1.54) is 0 Å². The highest BCUT2D eigenvalue weighted by Crippen LogP contribution is 2.23. The molecule has 7 heteroatoms. The van der Waals surface area contributed by atoms with Crippen LogP contribution in [0.2, 0.25) is 0 Å². The van der Waals surface area contributed by atoms with Crippen LogP contribution in [0.25, 0.3) is 0 Å². The van der Waals surface area contributed by atoms with Gasteiger partial charge < -0.3 is 14.5 Å². The Morgan fingerprint density at radius 1 is 1.53 bits per heavy atom. The fourth-order valence-corrected chi connectivity index (χ4v) is 1.91. The first-order chi connectivity index (χ1) is 7.20. The lowest BCUT2D eigenvalue weighted by Crippen LogP contribution is -2.26. The highest BCUT2D eigenvalue weighted by atomic mass is 32.2. The average Bonchev–Trinajstić information content (AvgIpc) is 2.57. The molecule has 0 bridgehead atoms. The Labute approximate surface area is 92.3 Å². The fourth-order valence-electron chi connectivity index (χ4n) is 1.13. The minimum Gasteiger partial charge on any atom is -0.378 e. The first kappa shape index (κ1) is 12.1. The van der Waals surface area contributed by atoms with Crippen LogP contribution in [0.5, 0.6) is 0 Å². The van der Waals surface area contributed by atoms with E-state index in [1.807, 2.05) is 11.6 Å². The summed E-state index contributed by atoms with van der Waals surface area (Å²) in [5, 5.41) is 11.5. The topological polar surface area (TPSA) is 64.8 Å². The first-order valence-electron chi connectivity index (χ1n) is 4.63. The summed E-state index contributed by atoms with van der Waals surface area (Å²) < 4.78 is 5.18. The molecule has 0 aliphatic carbocycles. The number of ether oxygens (including phenoxy) is 1. The van der Waals surface area contributed by atoms with Crippen molar-refractivity contribution in [3.8, 4) is 0 Å². The molecule has 0 aromatic heterocycles. The summed E-state index contributed by atoms with van der Waals surface area (Å²) in [4.78, 5) is 16.0. The second-order valence-corrected chi connectivity index (χ2v) is 4.15. The molecule has 1 unspecified atom stereocenters. The summed E-state index contributed by atoms with van der Waals surface area (Å²) in [5.41, 5.74) is 0. The number of nitrogens with zero attached hydrogens (tertiary/aromatic N) is 2. The predicted octanol–water partition coefficient (Wildman–Crippen LogP) is 1.08. The fraction of sp³-hybridized carbons (Fsp3) is 0.750. The molecule has 1 rings (SSSR count). The van der Waals surface area contributed by atoms with E-state index >= 15 is 0 Å². The van der Waals surface area contributed by atoms with E-state index in [4.69, 9.17) is 4.74 Å². The van der Waals surface area contributed by atoms with Crippen LogP contribution in [0.3, 0.4) is 0 Å². The van der Waals surface area contributed by atoms with Gasteiger partial charge in [-0.1, -0.05) is 0 Å². The molecule has 0 saturated carbocycles. The molecule has 86 valence electrons. The van der Waals surface area contributed by atoms with Gasteiger partial charge in [0.25, 0.3) is 5.09 Å². The van der Waals surface area contributed by atoms with Gasteiger partial charge in [-0.15, -0.1) is 21.9 Å². The molecule has 0 radical (unpaired) electrons. The lowest BCUT2D eigenvalue weighted by molar-refractivity contribution is -0.758. The van der Waals surface area contributed by atoms with Gasteiger partial charge in [0.15, 0.2) is 0 Å². The lowest BCUT2D eigenvalue weighted by Gasteiger charge is -2.20. The van der Waals surface area contributed by atoms with Crippen LogP contribution >= 0.6 is 11.8 Å². The van der Waals surface area contributed by atoms with Gasteiger partial charge in [0.05, 0.1) is 18.6 Å². The van der Waals surface area contributed by atoms with Crippen molar-refractivity contribution in [2.45, 2.75) is 12.3 Å². The molecule has 1 aliphatic heterocycles. The van der Waals surface area contributed by atoms with Crippen LogP contribution in [-0.2, 0) is 9.57 Å². The largest absolute Gasteiger partial charge is 0.378 e. The molecule has 0 spiro atoms. The maximum atomic E-state index is 9.79. The van der Waals surface area contributed by atoms with Crippen LogP contribution in [0.4, 0.5) is 0 Å². The van der Waals surface area contributed by atoms with E-state index in [-0.39, 0.29) is 13.2 Å². The molecular weight excluding hydrogens is 220 g/mol. The minimum atomic E-state index is -0.814. The van der Waals surface area contributed by atoms with E-state index in [0.717, 1.165) is 6.54 Å². The Kier molecular flexibility index (Phi) is 5.27. The lowest BCUT2D eigenvalue weighted by atomic mass is 10.5. The third-order valence-corrected chi connectivity index (χ3v) is 2.86. The Balaban J connectivity index is 1.93. The van der Waals surface area contributed by atoms with Crippen LogP contribution in [-0.4, -0.2) is 41.7 Å². The van der Waals surface area contributed by atoms with Gasteiger partial charge in [0.1, 0.15) is 6.61 Å². The highest BCUT2D eigenvalue weighted by Gasteiger charge is 2.13. The number of thioether (sulfide) groups is 1. The summed E-state index contributed by atoms with van der Waals surface area (Å²) >= 11 is 1.75.